The van der Waals surface area contributed by atoms with Crippen molar-refractivity contribution in [3.63, 3.8) is 0 Å². The lowest BCUT2D eigenvalue weighted by atomic mass is 10.2. The monoisotopic (exact) mass is 399 g/mol. The van der Waals surface area contributed by atoms with Crippen molar-refractivity contribution in [1.82, 2.24) is 9.55 Å². The van der Waals surface area contributed by atoms with E-state index in [1.807, 2.05) is 26.0 Å². The van der Waals surface area contributed by atoms with Crippen molar-refractivity contribution in [3.05, 3.63) is 64.7 Å². The highest BCUT2D eigenvalue weighted by Crippen LogP contribution is 2.24. The molecular weight excluding hydrogens is 377 g/mol. The number of benzene rings is 2. The number of amides is 1. The molecule has 0 saturated carbocycles. The topological polar surface area (TPSA) is 64.0 Å². The Balaban J connectivity index is 1.90. The second-order valence-electron chi connectivity index (χ2n) is 6.95. The van der Waals surface area contributed by atoms with Gasteiger partial charge in [0.25, 0.3) is 5.56 Å². The molecule has 0 unspecified atom stereocenters. The van der Waals surface area contributed by atoms with Gasteiger partial charge in [0.15, 0.2) is 5.16 Å². The number of hydrogen-bond donors (Lipinski definition) is 1. The van der Waals surface area contributed by atoms with E-state index in [1.54, 1.807) is 35.8 Å². The van der Waals surface area contributed by atoms with Crippen LogP contribution >= 0.6 is 11.8 Å². The van der Waals surface area contributed by atoms with Gasteiger partial charge in [-0.3, -0.25) is 14.2 Å². The second-order valence-corrected chi connectivity index (χ2v) is 8.26. The van der Waals surface area contributed by atoms with E-state index < -0.39 is 11.1 Å². The Morgan fingerprint density at radius 2 is 1.82 bits per heavy atom. The Hall–Kier alpha value is -2.67. The first-order chi connectivity index (χ1) is 13.4. The Labute approximate surface area is 167 Å². The highest BCUT2D eigenvalue weighted by atomic mass is 32.2. The number of thioether (sulfide) groups is 1. The van der Waals surface area contributed by atoms with Crippen molar-refractivity contribution >= 4 is 34.3 Å². The van der Waals surface area contributed by atoms with Crippen LogP contribution in [-0.2, 0) is 11.3 Å². The van der Waals surface area contributed by atoms with Crippen LogP contribution in [0, 0.1) is 11.7 Å². The van der Waals surface area contributed by atoms with Crippen molar-refractivity contribution in [3.8, 4) is 0 Å². The number of carbonyl (C=O) groups excluding carboxylic acids is 1. The predicted octanol–water partition coefficient (Wildman–Crippen LogP) is 4.31. The number of rotatable bonds is 6. The van der Waals surface area contributed by atoms with E-state index in [2.05, 4.69) is 10.3 Å². The highest BCUT2D eigenvalue weighted by molar-refractivity contribution is 8.00. The summed E-state index contributed by atoms with van der Waals surface area (Å²) in [5, 5.41) is 3.06. The zero-order chi connectivity index (χ0) is 20.3. The number of nitrogens with zero attached hydrogens (tertiary/aromatic N) is 2. The predicted molar refractivity (Wildman–Crippen MR) is 111 cm³/mol. The molecule has 0 spiro atoms. The molecule has 2 aromatic carbocycles. The van der Waals surface area contributed by atoms with Crippen LogP contribution in [0.1, 0.15) is 20.8 Å². The third kappa shape index (κ3) is 4.42. The van der Waals surface area contributed by atoms with E-state index in [1.165, 1.54) is 23.9 Å². The fourth-order valence-electron chi connectivity index (χ4n) is 2.77. The van der Waals surface area contributed by atoms with Gasteiger partial charge >= 0.3 is 0 Å². The maximum atomic E-state index is 13.8. The maximum Gasteiger partial charge on any atom is 0.262 e. The number of halogens is 1. The lowest BCUT2D eigenvalue weighted by molar-refractivity contribution is -0.115. The van der Waals surface area contributed by atoms with Gasteiger partial charge in [0, 0.05) is 6.54 Å². The molecule has 3 rings (SSSR count). The SMILES string of the molecule is CC(C)Cn1c(S[C@@H](C)C(=O)Nc2ccccc2F)nc2ccccc2c1=O. The average Bonchev–Trinajstić information content (AvgIpc) is 2.66. The van der Waals surface area contributed by atoms with Gasteiger partial charge in [0.1, 0.15) is 5.82 Å². The summed E-state index contributed by atoms with van der Waals surface area (Å²) in [5.41, 5.74) is 0.603. The van der Waals surface area contributed by atoms with Gasteiger partial charge < -0.3 is 5.32 Å². The molecule has 0 aliphatic carbocycles. The first kappa shape index (κ1) is 20.1. The fraction of sp³-hybridized carbons (Fsp3) is 0.286. The van der Waals surface area contributed by atoms with Crippen LogP contribution < -0.4 is 10.9 Å². The molecule has 7 heteroatoms. The molecule has 146 valence electrons. The molecule has 28 heavy (non-hydrogen) atoms. The lowest BCUT2D eigenvalue weighted by Gasteiger charge is -2.17. The Bertz CT molecular complexity index is 1060. The number of fused-ring (bicyclic) bond motifs is 1. The molecule has 1 amide bonds. The lowest BCUT2D eigenvalue weighted by Crippen LogP contribution is -2.28. The van der Waals surface area contributed by atoms with Crippen molar-refractivity contribution < 1.29 is 9.18 Å². The quantitative estimate of drug-likeness (QED) is 0.496. The summed E-state index contributed by atoms with van der Waals surface area (Å²) in [4.78, 5) is 30.1. The molecule has 1 N–H and O–H groups in total. The maximum absolute atomic E-state index is 13.8. The third-order valence-corrected chi connectivity index (χ3v) is 5.25. The van der Waals surface area contributed by atoms with Gasteiger partial charge in [0.2, 0.25) is 5.91 Å². The normalized spacial score (nSPS) is 12.3. The molecule has 0 fully saturated rings. The third-order valence-electron chi connectivity index (χ3n) is 4.16. The van der Waals surface area contributed by atoms with Gasteiger partial charge in [0.05, 0.1) is 21.8 Å². The molecule has 3 aromatic rings. The van der Waals surface area contributed by atoms with Crippen molar-refractivity contribution in [1.29, 1.82) is 0 Å². The molecule has 0 bridgehead atoms. The first-order valence-electron chi connectivity index (χ1n) is 9.08. The molecule has 0 aliphatic rings. The van der Waals surface area contributed by atoms with Crippen LogP contribution in [0.2, 0.25) is 0 Å². The van der Waals surface area contributed by atoms with Gasteiger partial charge in [-0.15, -0.1) is 0 Å². The second kappa shape index (κ2) is 8.56. The van der Waals surface area contributed by atoms with E-state index in [9.17, 15) is 14.0 Å². The van der Waals surface area contributed by atoms with E-state index >= 15 is 0 Å². The number of nitrogens with one attached hydrogen (secondary N) is 1. The van der Waals surface area contributed by atoms with E-state index in [-0.39, 0.29) is 23.1 Å². The molecule has 1 atom stereocenters. The zero-order valence-corrected chi connectivity index (χ0v) is 16.8. The summed E-state index contributed by atoms with van der Waals surface area (Å²) in [7, 11) is 0. The van der Waals surface area contributed by atoms with E-state index in [0.717, 1.165) is 0 Å². The molecule has 1 heterocycles. The molecule has 5 nitrogen and oxygen atoms in total. The summed E-state index contributed by atoms with van der Waals surface area (Å²) >= 11 is 1.19. The summed E-state index contributed by atoms with van der Waals surface area (Å²) in [6.45, 7) is 6.25. The summed E-state index contributed by atoms with van der Waals surface area (Å²) in [6.07, 6.45) is 0. The van der Waals surface area contributed by atoms with E-state index in [0.29, 0.717) is 22.6 Å². The highest BCUT2D eigenvalue weighted by Gasteiger charge is 2.20. The molecule has 0 aliphatic heterocycles. The van der Waals surface area contributed by atoms with Crippen LogP contribution in [0.25, 0.3) is 10.9 Å². The van der Waals surface area contributed by atoms with Gasteiger partial charge in [-0.1, -0.05) is 49.9 Å². The molecule has 0 saturated heterocycles. The number of aromatic nitrogens is 2. The zero-order valence-electron chi connectivity index (χ0n) is 16.0. The number of para-hydroxylation sites is 2. The minimum atomic E-state index is -0.564. The Morgan fingerprint density at radius 1 is 1.14 bits per heavy atom. The standard InChI is InChI=1S/C21H22FN3O2S/c1-13(2)12-25-20(27)15-8-4-6-10-17(15)24-21(25)28-14(3)19(26)23-18-11-7-5-9-16(18)22/h4-11,13-14H,12H2,1-3H3,(H,23,26)/t14-/m0/s1. The van der Waals surface area contributed by atoms with Gasteiger partial charge in [-0.2, -0.15) is 0 Å². The summed E-state index contributed by atoms with van der Waals surface area (Å²) in [5.74, 6) is -0.607. The summed E-state index contributed by atoms with van der Waals surface area (Å²) in [6, 6.07) is 13.2. The van der Waals surface area contributed by atoms with Crippen LogP contribution in [0.4, 0.5) is 10.1 Å². The minimum Gasteiger partial charge on any atom is -0.323 e. The first-order valence-corrected chi connectivity index (χ1v) is 9.96. The minimum absolute atomic E-state index is 0.122. The number of carbonyl (C=O) groups is 1. The molecule has 0 radical (unpaired) electrons. The smallest absolute Gasteiger partial charge is 0.262 e. The van der Waals surface area contributed by atoms with Gasteiger partial charge in [-0.05, 0) is 37.1 Å². The Morgan fingerprint density at radius 3 is 2.54 bits per heavy atom. The summed E-state index contributed by atoms with van der Waals surface area (Å²) < 4.78 is 15.4. The van der Waals surface area contributed by atoms with E-state index in [4.69, 9.17) is 0 Å². The van der Waals surface area contributed by atoms with Crippen molar-refractivity contribution in [2.45, 2.75) is 37.7 Å². The van der Waals surface area contributed by atoms with Crippen LogP contribution in [0.5, 0.6) is 0 Å². The van der Waals surface area contributed by atoms with Crippen LogP contribution in [0.15, 0.2) is 58.5 Å². The number of anilines is 1. The van der Waals surface area contributed by atoms with Crippen molar-refractivity contribution in [2.24, 2.45) is 5.92 Å². The van der Waals surface area contributed by atoms with Crippen LogP contribution in [-0.4, -0.2) is 20.7 Å². The molecular formula is C21H22FN3O2S. The van der Waals surface area contributed by atoms with Gasteiger partial charge in [-0.25, -0.2) is 9.37 Å². The van der Waals surface area contributed by atoms with Crippen molar-refractivity contribution in [2.75, 3.05) is 5.32 Å². The largest absolute Gasteiger partial charge is 0.323 e. The fourth-order valence-corrected chi connectivity index (χ4v) is 3.69. The molecule has 1 aromatic heterocycles. The Kier molecular flexibility index (Phi) is 6.14. The number of hydrogen-bond acceptors (Lipinski definition) is 4. The average molecular weight is 399 g/mol. The van der Waals surface area contributed by atoms with Crippen LogP contribution in [0.3, 0.4) is 0 Å².